The number of methoxy groups -OCH3 is 1. The number of anilines is 1. The van der Waals surface area contributed by atoms with Crippen LogP contribution in [0.4, 0.5) is 10.6 Å². The molecule has 1 fully saturated rings. The summed E-state index contributed by atoms with van der Waals surface area (Å²) < 4.78 is 5.20. The highest BCUT2D eigenvalue weighted by atomic mass is 16.5. The summed E-state index contributed by atoms with van der Waals surface area (Å²) in [6.07, 6.45) is 2.54. The molecular formula is C19H25N5O2. The highest BCUT2D eigenvalue weighted by Crippen LogP contribution is 2.23. The number of hydrogen-bond donors (Lipinski definition) is 1. The van der Waals surface area contributed by atoms with Crippen molar-refractivity contribution in [2.75, 3.05) is 44.7 Å². The van der Waals surface area contributed by atoms with Gasteiger partial charge in [0.05, 0.1) is 12.8 Å². The van der Waals surface area contributed by atoms with Crippen LogP contribution in [-0.2, 0) is 0 Å². The van der Waals surface area contributed by atoms with Crippen molar-refractivity contribution in [3.05, 3.63) is 36.7 Å². The highest BCUT2D eigenvalue weighted by Gasteiger charge is 2.21. The lowest BCUT2D eigenvalue weighted by molar-refractivity contribution is 0.194. The van der Waals surface area contributed by atoms with Crippen LogP contribution in [0.15, 0.2) is 36.7 Å². The molecule has 2 aromatic rings. The van der Waals surface area contributed by atoms with Gasteiger partial charge in [-0.2, -0.15) is 0 Å². The van der Waals surface area contributed by atoms with Gasteiger partial charge in [-0.05, 0) is 30.7 Å². The molecule has 26 heavy (non-hydrogen) atoms. The zero-order valence-corrected chi connectivity index (χ0v) is 15.3. The van der Waals surface area contributed by atoms with Crippen LogP contribution in [0.2, 0.25) is 0 Å². The molecule has 1 N–H and O–H groups in total. The minimum Gasteiger partial charge on any atom is -0.497 e. The van der Waals surface area contributed by atoms with Gasteiger partial charge in [0.15, 0.2) is 0 Å². The van der Waals surface area contributed by atoms with Gasteiger partial charge in [-0.3, -0.25) is 0 Å². The Labute approximate surface area is 154 Å². The minimum absolute atomic E-state index is 0.0214. The standard InChI is InChI=1S/C19H25N5O2/c1-3-8-20-19(25)24-11-9-23(10-12-24)18-13-17(21-14-22-18)15-4-6-16(26-2)7-5-15/h4-7,13-14H,3,8-12H2,1-2H3,(H,20,25). The number of carbonyl (C=O) groups excluding carboxylic acids is 1. The van der Waals surface area contributed by atoms with E-state index < -0.39 is 0 Å². The second-order valence-corrected chi connectivity index (χ2v) is 6.20. The molecule has 1 saturated heterocycles. The van der Waals surface area contributed by atoms with Crippen LogP contribution in [-0.4, -0.2) is 60.7 Å². The van der Waals surface area contributed by atoms with Gasteiger partial charge in [0.2, 0.25) is 0 Å². The molecule has 0 aliphatic carbocycles. The Morgan fingerprint density at radius 3 is 2.54 bits per heavy atom. The topological polar surface area (TPSA) is 70.6 Å². The van der Waals surface area contributed by atoms with Crippen molar-refractivity contribution in [1.82, 2.24) is 20.2 Å². The van der Waals surface area contributed by atoms with Crippen LogP contribution in [0.3, 0.4) is 0 Å². The van der Waals surface area contributed by atoms with E-state index in [4.69, 9.17) is 4.74 Å². The maximum absolute atomic E-state index is 12.1. The molecule has 0 atom stereocenters. The van der Waals surface area contributed by atoms with E-state index in [9.17, 15) is 4.79 Å². The van der Waals surface area contributed by atoms with Crippen LogP contribution in [0.1, 0.15) is 13.3 Å². The van der Waals surface area contributed by atoms with Crippen molar-refractivity contribution >= 4 is 11.8 Å². The van der Waals surface area contributed by atoms with Crippen LogP contribution >= 0.6 is 0 Å². The predicted molar refractivity (Wildman–Crippen MR) is 101 cm³/mol. The number of ether oxygens (including phenoxy) is 1. The van der Waals surface area contributed by atoms with E-state index in [1.54, 1.807) is 13.4 Å². The molecule has 0 bridgehead atoms. The number of nitrogens with one attached hydrogen (secondary N) is 1. The zero-order chi connectivity index (χ0) is 18.4. The number of amides is 2. The van der Waals surface area contributed by atoms with E-state index in [0.717, 1.165) is 48.9 Å². The van der Waals surface area contributed by atoms with Gasteiger partial charge in [0, 0.05) is 44.4 Å². The first kappa shape index (κ1) is 18.0. The number of hydrogen-bond acceptors (Lipinski definition) is 5. The van der Waals surface area contributed by atoms with Gasteiger partial charge in [0.25, 0.3) is 0 Å². The lowest BCUT2D eigenvalue weighted by atomic mass is 10.1. The predicted octanol–water partition coefficient (Wildman–Crippen LogP) is 2.39. The molecule has 7 heteroatoms. The molecule has 0 saturated carbocycles. The zero-order valence-electron chi connectivity index (χ0n) is 15.3. The maximum atomic E-state index is 12.1. The summed E-state index contributed by atoms with van der Waals surface area (Å²) in [5, 5.41) is 2.93. The van der Waals surface area contributed by atoms with Crippen molar-refractivity contribution in [2.24, 2.45) is 0 Å². The van der Waals surface area contributed by atoms with Crippen LogP contribution in [0.25, 0.3) is 11.3 Å². The number of aromatic nitrogens is 2. The van der Waals surface area contributed by atoms with E-state index in [2.05, 4.69) is 20.2 Å². The number of urea groups is 1. The van der Waals surface area contributed by atoms with Crippen LogP contribution in [0.5, 0.6) is 5.75 Å². The Morgan fingerprint density at radius 2 is 1.88 bits per heavy atom. The Hall–Kier alpha value is -2.83. The van der Waals surface area contributed by atoms with Gasteiger partial charge in [-0.25, -0.2) is 14.8 Å². The molecular weight excluding hydrogens is 330 g/mol. The lowest BCUT2D eigenvalue weighted by Gasteiger charge is -2.35. The van der Waals surface area contributed by atoms with Crippen LogP contribution < -0.4 is 15.0 Å². The summed E-state index contributed by atoms with van der Waals surface area (Å²) in [4.78, 5) is 24.9. The molecule has 3 rings (SSSR count). The molecule has 7 nitrogen and oxygen atoms in total. The SMILES string of the molecule is CCCNC(=O)N1CCN(c2cc(-c3ccc(OC)cc3)ncn2)CC1. The van der Waals surface area contributed by atoms with Crippen molar-refractivity contribution in [3.8, 4) is 17.0 Å². The third-order valence-electron chi connectivity index (χ3n) is 4.46. The van der Waals surface area contributed by atoms with Gasteiger partial charge in [0.1, 0.15) is 17.9 Å². The molecule has 1 aliphatic rings. The Kier molecular flexibility index (Phi) is 5.88. The van der Waals surface area contributed by atoms with Crippen LogP contribution in [0, 0.1) is 0 Å². The first-order valence-corrected chi connectivity index (χ1v) is 8.95. The Balaban J connectivity index is 1.64. The first-order valence-electron chi connectivity index (χ1n) is 8.95. The van der Waals surface area contributed by atoms with Gasteiger partial charge in [-0.1, -0.05) is 6.92 Å². The van der Waals surface area contributed by atoms with Crippen molar-refractivity contribution < 1.29 is 9.53 Å². The highest BCUT2D eigenvalue weighted by molar-refractivity contribution is 5.74. The fourth-order valence-electron chi connectivity index (χ4n) is 2.92. The van der Waals surface area contributed by atoms with Gasteiger partial charge in [-0.15, -0.1) is 0 Å². The smallest absolute Gasteiger partial charge is 0.317 e. The largest absolute Gasteiger partial charge is 0.497 e. The van der Waals surface area contributed by atoms with E-state index in [1.807, 2.05) is 42.2 Å². The lowest BCUT2D eigenvalue weighted by Crippen LogP contribution is -2.52. The van der Waals surface area contributed by atoms with Gasteiger partial charge >= 0.3 is 6.03 Å². The summed E-state index contributed by atoms with van der Waals surface area (Å²) in [5.74, 6) is 1.71. The summed E-state index contributed by atoms with van der Waals surface area (Å²) >= 11 is 0. The van der Waals surface area contributed by atoms with E-state index in [1.165, 1.54) is 0 Å². The third-order valence-corrected chi connectivity index (χ3v) is 4.46. The average molecular weight is 355 g/mol. The average Bonchev–Trinajstić information content (AvgIpc) is 2.72. The van der Waals surface area contributed by atoms with Crippen molar-refractivity contribution in [1.29, 1.82) is 0 Å². The number of rotatable bonds is 5. The van der Waals surface area contributed by atoms with E-state index in [0.29, 0.717) is 13.1 Å². The molecule has 0 unspecified atom stereocenters. The van der Waals surface area contributed by atoms with Gasteiger partial charge < -0.3 is 19.9 Å². The Morgan fingerprint density at radius 1 is 1.15 bits per heavy atom. The molecule has 138 valence electrons. The molecule has 1 aliphatic heterocycles. The number of piperazine rings is 1. The normalized spacial score (nSPS) is 14.2. The van der Waals surface area contributed by atoms with E-state index >= 15 is 0 Å². The first-order chi connectivity index (χ1) is 12.7. The molecule has 1 aromatic carbocycles. The second kappa shape index (κ2) is 8.51. The Bertz CT molecular complexity index is 727. The summed E-state index contributed by atoms with van der Waals surface area (Å²) in [7, 11) is 1.65. The summed E-state index contributed by atoms with van der Waals surface area (Å²) in [6, 6.07) is 9.83. The number of benzene rings is 1. The molecule has 2 heterocycles. The fourth-order valence-corrected chi connectivity index (χ4v) is 2.92. The third kappa shape index (κ3) is 4.22. The quantitative estimate of drug-likeness (QED) is 0.892. The van der Waals surface area contributed by atoms with E-state index in [-0.39, 0.29) is 6.03 Å². The van der Waals surface area contributed by atoms with Crippen molar-refractivity contribution in [3.63, 3.8) is 0 Å². The molecule has 1 aromatic heterocycles. The van der Waals surface area contributed by atoms with Crippen molar-refractivity contribution in [2.45, 2.75) is 13.3 Å². The number of nitrogens with zero attached hydrogens (tertiary/aromatic N) is 4. The molecule has 0 radical (unpaired) electrons. The summed E-state index contributed by atoms with van der Waals surface area (Å²) in [5.41, 5.74) is 1.90. The fraction of sp³-hybridized carbons (Fsp3) is 0.421. The molecule has 2 amide bonds. The monoisotopic (exact) mass is 355 g/mol. The minimum atomic E-state index is 0.0214. The maximum Gasteiger partial charge on any atom is 0.317 e. The summed E-state index contributed by atoms with van der Waals surface area (Å²) in [6.45, 7) is 5.68. The second-order valence-electron chi connectivity index (χ2n) is 6.20. The number of carbonyl (C=O) groups is 1. The molecule has 0 spiro atoms.